The summed E-state index contributed by atoms with van der Waals surface area (Å²) in [6, 6.07) is 19.0. The number of nitrogens with zero attached hydrogens (tertiary/aromatic N) is 1. The number of Topliss-reactive ketones (excluding diaryl/α,β-unsaturated/α-hetero) is 1. The molecule has 0 fully saturated rings. The lowest BCUT2D eigenvalue weighted by Gasteiger charge is -2.09. The predicted molar refractivity (Wildman–Crippen MR) is 93.0 cm³/mol. The monoisotopic (exact) mass is 319 g/mol. The minimum Gasteiger partial charge on any atom is -0.481 e. The van der Waals surface area contributed by atoms with Gasteiger partial charge in [-0.25, -0.2) is 4.98 Å². The zero-order chi connectivity index (χ0) is 16.9. The highest BCUT2D eigenvalue weighted by Crippen LogP contribution is 2.26. The molecule has 120 valence electrons. The molecule has 0 bridgehead atoms. The van der Waals surface area contributed by atoms with E-state index in [1.165, 1.54) is 0 Å². The number of aromatic nitrogens is 1. The minimum atomic E-state index is -0.882. The molecule has 0 amide bonds. The van der Waals surface area contributed by atoms with E-state index in [1.807, 2.05) is 54.6 Å². The van der Waals surface area contributed by atoms with E-state index in [2.05, 4.69) is 4.98 Å². The Morgan fingerprint density at radius 2 is 1.62 bits per heavy atom. The maximum absolute atomic E-state index is 12.6. The summed E-state index contributed by atoms with van der Waals surface area (Å²) in [7, 11) is 0. The number of carboxylic acids is 1. The van der Waals surface area contributed by atoms with Crippen LogP contribution in [-0.2, 0) is 4.79 Å². The van der Waals surface area contributed by atoms with Gasteiger partial charge in [-0.2, -0.15) is 0 Å². The molecule has 0 aliphatic rings. The minimum absolute atomic E-state index is 0.000296. The smallest absolute Gasteiger partial charge is 0.303 e. The second kappa shape index (κ2) is 7.04. The third-order valence-corrected chi connectivity index (χ3v) is 3.88. The molecule has 1 aromatic heterocycles. The van der Waals surface area contributed by atoms with Crippen molar-refractivity contribution in [2.75, 3.05) is 0 Å². The summed E-state index contributed by atoms with van der Waals surface area (Å²) in [6.45, 7) is 0. The van der Waals surface area contributed by atoms with Crippen LogP contribution in [0.25, 0.3) is 22.2 Å². The lowest BCUT2D eigenvalue weighted by atomic mass is 9.98. The molecule has 0 saturated heterocycles. The van der Waals surface area contributed by atoms with E-state index in [1.54, 1.807) is 6.07 Å². The molecule has 0 aliphatic carbocycles. The van der Waals surface area contributed by atoms with Crippen LogP contribution in [0.5, 0.6) is 0 Å². The quantitative estimate of drug-likeness (QED) is 0.686. The van der Waals surface area contributed by atoms with Crippen LogP contribution in [0.4, 0.5) is 0 Å². The fourth-order valence-electron chi connectivity index (χ4n) is 2.70. The Kier molecular flexibility index (Phi) is 4.66. The molecule has 4 heteroatoms. The first kappa shape index (κ1) is 15.9. The average Bonchev–Trinajstić information content (AvgIpc) is 2.61. The summed E-state index contributed by atoms with van der Waals surface area (Å²) in [5.74, 6) is -0.931. The van der Waals surface area contributed by atoms with Crippen molar-refractivity contribution in [1.82, 2.24) is 4.98 Å². The van der Waals surface area contributed by atoms with Crippen molar-refractivity contribution in [3.8, 4) is 11.3 Å². The summed E-state index contributed by atoms with van der Waals surface area (Å²) in [5.41, 5.74) is 3.06. The highest BCUT2D eigenvalue weighted by Gasteiger charge is 2.14. The van der Waals surface area contributed by atoms with Crippen LogP contribution in [0.2, 0.25) is 0 Å². The molecule has 1 heterocycles. The molecule has 2 aromatic carbocycles. The molecule has 3 aromatic rings. The zero-order valence-corrected chi connectivity index (χ0v) is 13.1. The summed E-state index contributed by atoms with van der Waals surface area (Å²) < 4.78 is 0. The van der Waals surface area contributed by atoms with Crippen molar-refractivity contribution in [1.29, 1.82) is 0 Å². The molecule has 0 spiro atoms. The van der Waals surface area contributed by atoms with Crippen LogP contribution in [0, 0.1) is 0 Å². The van der Waals surface area contributed by atoms with Gasteiger partial charge in [0.2, 0.25) is 0 Å². The lowest BCUT2D eigenvalue weighted by molar-refractivity contribution is -0.137. The Labute approximate surface area is 139 Å². The topological polar surface area (TPSA) is 67.3 Å². The summed E-state index contributed by atoms with van der Waals surface area (Å²) in [6.07, 6.45) is 0.556. The number of para-hydroxylation sites is 1. The maximum atomic E-state index is 12.6. The maximum Gasteiger partial charge on any atom is 0.303 e. The van der Waals surface area contributed by atoms with Crippen LogP contribution >= 0.6 is 0 Å². The molecule has 0 atom stereocenters. The Hall–Kier alpha value is -3.01. The van der Waals surface area contributed by atoms with Gasteiger partial charge in [-0.15, -0.1) is 0 Å². The first-order chi connectivity index (χ1) is 11.6. The van der Waals surface area contributed by atoms with E-state index >= 15 is 0 Å². The van der Waals surface area contributed by atoms with Gasteiger partial charge in [0.1, 0.15) is 0 Å². The number of hydrogen-bond donors (Lipinski definition) is 1. The van der Waals surface area contributed by atoms with Gasteiger partial charge in [-0.05, 0) is 18.6 Å². The Bertz CT molecular complexity index is 888. The second-order valence-electron chi connectivity index (χ2n) is 5.61. The summed E-state index contributed by atoms with van der Waals surface area (Å²) in [4.78, 5) is 27.9. The van der Waals surface area contributed by atoms with Crippen LogP contribution < -0.4 is 0 Å². The van der Waals surface area contributed by atoms with E-state index in [0.717, 1.165) is 22.2 Å². The van der Waals surface area contributed by atoms with Crippen molar-refractivity contribution in [2.24, 2.45) is 0 Å². The van der Waals surface area contributed by atoms with Gasteiger partial charge in [-0.3, -0.25) is 9.59 Å². The second-order valence-corrected chi connectivity index (χ2v) is 5.61. The first-order valence-electron chi connectivity index (χ1n) is 7.85. The number of hydrogen-bond acceptors (Lipinski definition) is 3. The van der Waals surface area contributed by atoms with Gasteiger partial charge >= 0.3 is 5.97 Å². The highest BCUT2D eigenvalue weighted by atomic mass is 16.4. The molecule has 0 aliphatic heterocycles. The Balaban J connectivity index is 2.02. The van der Waals surface area contributed by atoms with Crippen LogP contribution in [0.1, 0.15) is 29.6 Å². The van der Waals surface area contributed by atoms with E-state index in [9.17, 15) is 9.59 Å². The number of ketones is 1. The molecule has 0 radical (unpaired) electrons. The molecule has 0 saturated carbocycles. The Morgan fingerprint density at radius 1 is 0.917 bits per heavy atom. The molecule has 3 rings (SSSR count). The van der Waals surface area contributed by atoms with Gasteiger partial charge in [-0.1, -0.05) is 48.5 Å². The largest absolute Gasteiger partial charge is 0.481 e. The highest BCUT2D eigenvalue weighted by molar-refractivity contribution is 6.08. The van der Waals surface area contributed by atoms with Gasteiger partial charge < -0.3 is 5.11 Å². The van der Waals surface area contributed by atoms with Gasteiger partial charge in [0.15, 0.2) is 5.78 Å². The van der Waals surface area contributed by atoms with E-state index in [0.29, 0.717) is 12.0 Å². The number of rotatable bonds is 6. The van der Waals surface area contributed by atoms with E-state index in [4.69, 9.17) is 5.11 Å². The molecule has 0 unspecified atom stereocenters. The standard InChI is InChI=1S/C20H17NO3/c22-19(11-6-12-20(23)24)16-13-18(14-7-2-1-3-8-14)21-17-10-5-4-9-15(16)17/h1-5,7-10,13H,6,11-12H2,(H,23,24). The van der Waals surface area contributed by atoms with Crippen LogP contribution in [-0.4, -0.2) is 21.8 Å². The summed E-state index contributed by atoms with van der Waals surface area (Å²) >= 11 is 0. The number of aliphatic carboxylic acids is 1. The summed E-state index contributed by atoms with van der Waals surface area (Å²) in [5, 5.41) is 9.54. The van der Waals surface area contributed by atoms with Crippen molar-refractivity contribution in [2.45, 2.75) is 19.3 Å². The number of carbonyl (C=O) groups excluding carboxylic acids is 1. The fourth-order valence-corrected chi connectivity index (χ4v) is 2.70. The SMILES string of the molecule is O=C(O)CCCC(=O)c1cc(-c2ccccc2)nc2ccccc12. The van der Waals surface area contributed by atoms with Crippen molar-refractivity contribution >= 4 is 22.7 Å². The Morgan fingerprint density at radius 3 is 2.38 bits per heavy atom. The number of carboxylic acid groups (broad SMARTS) is 1. The number of fused-ring (bicyclic) bond motifs is 1. The van der Waals surface area contributed by atoms with Crippen LogP contribution in [0.15, 0.2) is 60.7 Å². The predicted octanol–water partition coefficient (Wildman–Crippen LogP) is 4.34. The molecular formula is C20H17NO3. The lowest BCUT2D eigenvalue weighted by Crippen LogP contribution is -2.04. The average molecular weight is 319 g/mol. The molecule has 4 nitrogen and oxygen atoms in total. The number of benzene rings is 2. The van der Waals surface area contributed by atoms with Crippen molar-refractivity contribution in [3.05, 3.63) is 66.2 Å². The van der Waals surface area contributed by atoms with Crippen molar-refractivity contribution < 1.29 is 14.7 Å². The van der Waals surface area contributed by atoms with Gasteiger partial charge in [0.25, 0.3) is 0 Å². The molecular weight excluding hydrogens is 302 g/mol. The third-order valence-electron chi connectivity index (χ3n) is 3.88. The van der Waals surface area contributed by atoms with Crippen molar-refractivity contribution in [3.63, 3.8) is 0 Å². The first-order valence-corrected chi connectivity index (χ1v) is 7.85. The van der Waals surface area contributed by atoms with E-state index < -0.39 is 5.97 Å². The number of pyridine rings is 1. The third kappa shape index (κ3) is 3.49. The van der Waals surface area contributed by atoms with Crippen LogP contribution in [0.3, 0.4) is 0 Å². The van der Waals surface area contributed by atoms with E-state index in [-0.39, 0.29) is 18.6 Å². The fraction of sp³-hybridized carbons (Fsp3) is 0.150. The zero-order valence-electron chi connectivity index (χ0n) is 13.1. The normalized spacial score (nSPS) is 10.7. The van der Waals surface area contributed by atoms with Gasteiger partial charge in [0.05, 0.1) is 11.2 Å². The molecule has 24 heavy (non-hydrogen) atoms. The number of carbonyl (C=O) groups is 2. The van der Waals surface area contributed by atoms with Gasteiger partial charge in [0, 0.05) is 29.4 Å². The molecule has 1 N–H and O–H groups in total.